The van der Waals surface area contributed by atoms with Crippen molar-refractivity contribution < 1.29 is 9.18 Å². The number of thiazole rings is 1. The Hall–Kier alpha value is -1.96. The summed E-state index contributed by atoms with van der Waals surface area (Å²) >= 11 is 3.14. The topological polar surface area (TPSA) is 36.4 Å². The maximum Gasteiger partial charge on any atom is 0.229 e. The molecule has 0 aliphatic heterocycles. The van der Waals surface area contributed by atoms with E-state index in [9.17, 15) is 9.18 Å². The van der Waals surface area contributed by atoms with Crippen molar-refractivity contribution in [2.75, 3.05) is 37.8 Å². The van der Waals surface area contributed by atoms with Crippen molar-refractivity contribution in [1.82, 2.24) is 9.88 Å². The molecule has 0 unspecified atom stereocenters. The zero-order valence-electron chi connectivity index (χ0n) is 17.0. The third-order valence-electron chi connectivity index (χ3n) is 4.55. The van der Waals surface area contributed by atoms with E-state index >= 15 is 0 Å². The molecule has 0 radical (unpaired) electrons. The second-order valence-corrected chi connectivity index (χ2v) is 9.23. The summed E-state index contributed by atoms with van der Waals surface area (Å²) < 4.78 is 14.1. The van der Waals surface area contributed by atoms with E-state index in [1.165, 1.54) is 17.7 Å². The number of carbonyl (C=O) groups excluding carboxylic acids is 1. The van der Waals surface area contributed by atoms with Crippen LogP contribution >= 0.6 is 23.1 Å². The van der Waals surface area contributed by atoms with Gasteiger partial charge in [-0.25, -0.2) is 9.37 Å². The van der Waals surface area contributed by atoms with E-state index in [0.29, 0.717) is 18.7 Å². The average molecular weight is 432 g/mol. The van der Waals surface area contributed by atoms with Crippen LogP contribution < -0.4 is 4.90 Å². The smallest absolute Gasteiger partial charge is 0.229 e. The molecule has 29 heavy (non-hydrogen) atoms. The van der Waals surface area contributed by atoms with Crippen LogP contribution in [0, 0.1) is 5.82 Å². The van der Waals surface area contributed by atoms with Gasteiger partial charge in [-0.3, -0.25) is 9.69 Å². The molecule has 4 nitrogen and oxygen atoms in total. The Balaban J connectivity index is 1.71. The summed E-state index contributed by atoms with van der Waals surface area (Å²) in [5.41, 5.74) is 2.21. The first kappa shape index (κ1) is 21.7. The SMILES string of the molecule is CCc1ccc2nc(N(CCN(C)C)C(=O)CCSc3ccc(F)cc3)sc2c1. The van der Waals surface area contributed by atoms with Gasteiger partial charge in [0.05, 0.1) is 10.2 Å². The highest BCUT2D eigenvalue weighted by Crippen LogP contribution is 2.30. The lowest BCUT2D eigenvalue weighted by Crippen LogP contribution is -2.36. The van der Waals surface area contributed by atoms with Crippen molar-refractivity contribution >= 4 is 44.4 Å². The lowest BCUT2D eigenvalue weighted by atomic mass is 10.2. The van der Waals surface area contributed by atoms with Crippen molar-refractivity contribution in [3.8, 4) is 0 Å². The van der Waals surface area contributed by atoms with Crippen LogP contribution in [0.5, 0.6) is 0 Å². The van der Waals surface area contributed by atoms with Gasteiger partial charge in [-0.1, -0.05) is 24.3 Å². The van der Waals surface area contributed by atoms with Crippen LogP contribution in [0.4, 0.5) is 9.52 Å². The number of hydrogen-bond acceptors (Lipinski definition) is 5. The number of nitrogens with zero attached hydrogens (tertiary/aromatic N) is 3. The van der Waals surface area contributed by atoms with Gasteiger partial charge in [-0.05, 0) is 62.5 Å². The Labute approximate surface area is 179 Å². The largest absolute Gasteiger partial charge is 0.308 e. The number of aromatic nitrogens is 1. The molecular weight excluding hydrogens is 405 g/mol. The number of anilines is 1. The van der Waals surface area contributed by atoms with Gasteiger partial charge in [0.15, 0.2) is 5.13 Å². The van der Waals surface area contributed by atoms with E-state index in [4.69, 9.17) is 4.98 Å². The lowest BCUT2D eigenvalue weighted by Gasteiger charge is -2.22. The molecule has 154 valence electrons. The predicted molar refractivity (Wildman–Crippen MR) is 122 cm³/mol. The number of likely N-dealkylation sites (N-methyl/N-ethyl adjacent to an activating group) is 1. The van der Waals surface area contributed by atoms with Crippen molar-refractivity contribution in [2.45, 2.75) is 24.7 Å². The minimum atomic E-state index is -0.248. The van der Waals surface area contributed by atoms with Crippen molar-refractivity contribution in [3.05, 3.63) is 53.8 Å². The number of benzene rings is 2. The number of hydrogen-bond donors (Lipinski definition) is 0. The maximum atomic E-state index is 13.0. The third kappa shape index (κ3) is 6.01. The van der Waals surface area contributed by atoms with Gasteiger partial charge in [0, 0.05) is 30.2 Å². The quantitative estimate of drug-likeness (QED) is 0.443. The van der Waals surface area contributed by atoms with E-state index in [0.717, 1.165) is 33.2 Å². The van der Waals surface area contributed by atoms with Gasteiger partial charge in [0.25, 0.3) is 0 Å². The predicted octanol–water partition coefficient (Wildman–Crippen LogP) is 5.07. The summed E-state index contributed by atoms with van der Waals surface area (Å²) in [6, 6.07) is 12.7. The van der Waals surface area contributed by atoms with E-state index < -0.39 is 0 Å². The molecule has 0 aliphatic rings. The number of thioether (sulfide) groups is 1. The summed E-state index contributed by atoms with van der Waals surface area (Å²) in [4.78, 5) is 22.6. The second kappa shape index (κ2) is 10.2. The van der Waals surface area contributed by atoms with E-state index in [1.807, 2.05) is 25.1 Å². The molecule has 1 aromatic heterocycles. The Morgan fingerprint density at radius 3 is 2.59 bits per heavy atom. The molecule has 1 heterocycles. The van der Waals surface area contributed by atoms with Crippen LogP contribution in [-0.4, -0.2) is 48.7 Å². The summed E-state index contributed by atoms with van der Waals surface area (Å²) in [6.07, 6.45) is 1.39. The summed E-state index contributed by atoms with van der Waals surface area (Å²) in [7, 11) is 4.00. The van der Waals surface area contributed by atoms with Gasteiger partial charge in [0.1, 0.15) is 5.82 Å². The fourth-order valence-corrected chi connectivity index (χ4v) is 4.75. The van der Waals surface area contributed by atoms with Gasteiger partial charge in [-0.2, -0.15) is 0 Å². The molecule has 0 spiro atoms. The minimum absolute atomic E-state index is 0.0660. The van der Waals surface area contributed by atoms with Crippen LogP contribution in [0.2, 0.25) is 0 Å². The second-order valence-electron chi connectivity index (χ2n) is 7.05. The summed E-state index contributed by atoms with van der Waals surface area (Å²) in [5, 5.41) is 0.756. The molecule has 0 N–H and O–H groups in total. The highest BCUT2D eigenvalue weighted by atomic mass is 32.2. The molecule has 7 heteroatoms. The molecule has 3 aromatic rings. The zero-order chi connectivity index (χ0) is 20.8. The molecule has 0 atom stereocenters. The Kier molecular flexibility index (Phi) is 7.64. The molecule has 0 saturated carbocycles. The molecule has 0 bridgehead atoms. The van der Waals surface area contributed by atoms with Crippen molar-refractivity contribution in [3.63, 3.8) is 0 Å². The van der Waals surface area contributed by atoms with Crippen LogP contribution in [0.15, 0.2) is 47.4 Å². The first-order valence-corrected chi connectivity index (χ1v) is 11.5. The summed E-state index contributed by atoms with van der Waals surface area (Å²) in [6.45, 7) is 3.51. The van der Waals surface area contributed by atoms with Gasteiger partial charge < -0.3 is 4.90 Å². The highest BCUT2D eigenvalue weighted by Gasteiger charge is 2.20. The molecule has 2 aromatic carbocycles. The molecule has 3 rings (SSSR count). The molecular formula is C22H26FN3OS2. The minimum Gasteiger partial charge on any atom is -0.308 e. The van der Waals surface area contributed by atoms with Crippen LogP contribution in [0.3, 0.4) is 0 Å². The third-order valence-corrected chi connectivity index (χ3v) is 6.61. The molecule has 0 fully saturated rings. The zero-order valence-corrected chi connectivity index (χ0v) is 18.7. The molecule has 1 amide bonds. The fraction of sp³-hybridized carbons (Fsp3) is 0.364. The van der Waals surface area contributed by atoms with Gasteiger partial charge >= 0.3 is 0 Å². The van der Waals surface area contributed by atoms with Gasteiger partial charge in [-0.15, -0.1) is 11.8 Å². The number of carbonyl (C=O) groups is 1. The Bertz CT molecular complexity index is 956. The number of fused-ring (bicyclic) bond motifs is 1. The van der Waals surface area contributed by atoms with Crippen LogP contribution in [-0.2, 0) is 11.2 Å². The lowest BCUT2D eigenvalue weighted by molar-refractivity contribution is -0.118. The van der Waals surface area contributed by atoms with Crippen LogP contribution in [0.1, 0.15) is 18.9 Å². The van der Waals surface area contributed by atoms with E-state index in [1.54, 1.807) is 35.2 Å². The highest BCUT2D eigenvalue weighted by molar-refractivity contribution is 7.99. The number of halogens is 1. The molecule has 0 saturated heterocycles. The van der Waals surface area contributed by atoms with E-state index in [2.05, 4.69) is 24.0 Å². The molecule has 0 aliphatic carbocycles. The first-order valence-electron chi connectivity index (χ1n) is 9.69. The number of aryl methyl sites for hydroxylation is 1. The normalized spacial score (nSPS) is 11.3. The fourth-order valence-electron chi connectivity index (χ4n) is 2.84. The van der Waals surface area contributed by atoms with E-state index in [-0.39, 0.29) is 11.7 Å². The number of rotatable bonds is 9. The standard InChI is InChI=1S/C22H26FN3OS2/c1-4-16-5-10-19-20(15-16)29-22(24-19)26(13-12-25(2)3)21(27)11-14-28-18-8-6-17(23)7-9-18/h5-10,15H,4,11-14H2,1-3H3. The maximum absolute atomic E-state index is 13.0. The van der Waals surface area contributed by atoms with Crippen molar-refractivity contribution in [1.29, 1.82) is 0 Å². The first-order chi connectivity index (χ1) is 14.0. The Morgan fingerprint density at radius 1 is 1.14 bits per heavy atom. The van der Waals surface area contributed by atoms with Crippen LogP contribution in [0.25, 0.3) is 10.2 Å². The Morgan fingerprint density at radius 2 is 1.90 bits per heavy atom. The van der Waals surface area contributed by atoms with Crippen molar-refractivity contribution in [2.24, 2.45) is 0 Å². The monoisotopic (exact) mass is 431 g/mol. The summed E-state index contributed by atoms with van der Waals surface area (Å²) in [5.74, 6) is 0.465. The number of amides is 1. The average Bonchev–Trinajstić information content (AvgIpc) is 3.12. The van der Waals surface area contributed by atoms with Gasteiger partial charge in [0.2, 0.25) is 5.91 Å².